The predicted molar refractivity (Wildman–Crippen MR) is 25.5 cm³/mol. The van der Waals surface area contributed by atoms with Gasteiger partial charge in [0, 0.05) is 6.54 Å². The molecule has 0 bridgehead atoms. The number of nitrogens with one attached hydrogen (secondary N) is 1. The Morgan fingerprint density at radius 2 is 2.17 bits per heavy atom. The molecular weight excluding hydrogens is 76.1 g/mol. The van der Waals surface area contributed by atoms with Crippen LogP contribution in [0, 0.1) is 0 Å². The van der Waals surface area contributed by atoms with Gasteiger partial charge in [0.25, 0.3) is 0 Å². The van der Waals surface area contributed by atoms with Gasteiger partial charge in [-0.2, -0.15) is 0 Å². The monoisotopic (exact) mass is 86.1 g/mol. The molecule has 0 amide bonds. The third-order valence-electron chi connectivity index (χ3n) is 1.01. The van der Waals surface area contributed by atoms with E-state index in [1.807, 2.05) is 0 Å². The highest BCUT2D eigenvalue weighted by Gasteiger charge is 2.20. The Labute approximate surface area is 38.1 Å². The van der Waals surface area contributed by atoms with E-state index in [2.05, 4.69) is 24.3 Å². The Balaban J connectivity index is 2.13. The van der Waals surface area contributed by atoms with Crippen molar-refractivity contribution in [3.63, 3.8) is 0 Å². The standard InChI is InChI=1S/C4H10N2/c1-6(2)4-3-5-4/h4-5H,3H2,1-2H3. The molecule has 1 aliphatic heterocycles. The maximum atomic E-state index is 3.16. The maximum Gasteiger partial charge on any atom is 0.0722 e. The molecule has 6 heavy (non-hydrogen) atoms. The molecule has 0 aliphatic carbocycles. The molecule has 0 saturated carbocycles. The van der Waals surface area contributed by atoms with Crippen molar-refractivity contribution in [1.82, 2.24) is 10.2 Å². The number of rotatable bonds is 1. The lowest BCUT2D eigenvalue weighted by Crippen LogP contribution is -2.17. The lowest BCUT2D eigenvalue weighted by molar-refractivity contribution is 0.394. The molecule has 0 aromatic rings. The Kier molecular flexibility index (Phi) is 0.821. The van der Waals surface area contributed by atoms with Crippen molar-refractivity contribution in [2.75, 3.05) is 20.6 Å². The quantitative estimate of drug-likeness (QED) is 0.434. The molecule has 0 radical (unpaired) electrons. The average molecular weight is 86.1 g/mol. The maximum absolute atomic E-state index is 3.16. The van der Waals surface area contributed by atoms with Crippen molar-refractivity contribution in [3.8, 4) is 0 Å². The van der Waals surface area contributed by atoms with Crippen LogP contribution in [-0.4, -0.2) is 31.7 Å². The third kappa shape index (κ3) is 0.698. The number of hydrogen-bond donors (Lipinski definition) is 1. The molecule has 1 rings (SSSR count). The fourth-order valence-corrected chi connectivity index (χ4v) is 0.418. The van der Waals surface area contributed by atoms with Crippen molar-refractivity contribution < 1.29 is 0 Å². The van der Waals surface area contributed by atoms with E-state index < -0.39 is 0 Å². The van der Waals surface area contributed by atoms with Gasteiger partial charge in [-0.1, -0.05) is 0 Å². The van der Waals surface area contributed by atoms with E-state index in [0.717, 1.165) is 0 Å². The zero-order valence-electron chi connectivity index (χ0n) is 4.23. The van der Waals surface area contributed by atoms with E-state index >= 15 is 0 Å². The smallest absolute Gasteiger partial charge is 0.0722 e. The Hall–Kier alpha value is -0.0800. The summed E-state index contributed by atoms with van der Waals surface area (Å²) >= 11 is 0. The molecule has 2 nitrogen and oxygen atoms in total. The van der Waals surface area contributed by atoms with Crippen LogP contribution in [0.4, 0.5) is 0 Å². The summed E-state index contributed by atoms with van der Waals surface area (Å²) < 4.78 is 0. The van der Waals surface area contributed by atoms with Gasteiger partial charge in [-0.15, -0.1) is 0 Å². The molecule has 0 spiro atoms. The highest BCUT2D eigenvalue weighted by atomic mass is 15.3. The lowest BCUT2D eigenvalue weighted by atomic mass is 10.7. The molecule has 2 heteroatoms. The highest BCUT2D eigenvalue weighted by molar-refractivity contribution is 4.79. The third-order valence-corrected chi connectivity index (χ3v) is 1.01. The number of likely N-dealkylation sites (N-methyl/N-ethyl adjacent to an activating group) is 1. The minimum absolute atomic E-state index is 0.685. The van der Waals surface area contributed by atoms with Gasteiger partial charge in [0.1, 0.15) is 0 Å². The molecule has 1 fully saturated rings. The molecule has 1 saturated heterocycles. The van der Waals surface area contributed by atoms with Gasteiger partial charge >= 0.3 is 0 Å². The Morgan fingerprint density at radius 3 is 2.17 bits per heavy atom. The van der Waals surface area contributed by atoms with Gasteiger partial charge in [-0.3, -0.25) is 10.2 Å². The SMILES string of the molecule is CN(C)C1CN1. The van der Waals surface area contributed by atoms with Gasteiger partial charge in [-0.25, -0.2) is 0 Å². The second kappa shape index (κ2) is 1.21. The molecule has 1 N–H and O–H groups in total. The van der Waals surface area contributed by atoms with Crippen LogP contribution >= 0.6 is 0 Å². The van der Waals surface area contributed by atoms with Gasteiger partial charge < -0.3 is 0 Å². The second-order valence-corrected chi connectivity index (χ2v) is 1.89. The van der Waals surface area contributed by atoms with E-state index in [9.17, 15) is 0 Å². The topological polar surface area (TPSA) is 25.2 Å². The molecule has 0 aromatic carbocycles. The first-order chi connectivity index (χ1) is 2.80. The molecule has 1 unspecified atom stereocenters. The fraction of sp³-hybridized carbons (Fsp3) is 1.00. The predicted octanol–water partition coefficient (Wildman–Crippen LogP) is -0.523. The molecule has 1 atom stereocenters. The summed E-state index contributed by atoms with van der Waals surface area (Å²) in [5.74, 6) is 0. The highest BCUT2D eigenvalue weighted by Crippen LogP contribution is 1.96. The van der Waals surface area contributed by atoms with Crippen molar-refractivity contribution in [2.45, 2.75) is 6.17 Å². The van der Waals surface area contributed by atoms with Gasteiger partial charge in [0.2, 0.25) is 0 Å². The summed E-state index contributed by atoms with van der Waals surface area (Å²) in [5.41, 5.74) is 0. The zero-order chi connectivity index (χ0) is 4.57. The minimum Gasteiger partial charge on any atom is -0.298 e. The number of nitrogens with zero attached hydrogens (tertiary/aromatic N) is 1. The van der Waals surface area contributed by atoms with E-state index in [-0.39, 0.29) is 0 Å². The Morgan fingerprint density at radius 1 is 1.67 bits per heavy atom. The summed E-state index contributed by atoms with van der Waals surface area (Å²) in [6, 6.07) is 0. The van der Waals surface area contributed by atoms with E-state index in [0.29, 0.717) is 6.17 Å². The van der Waals surface area contributed by atoms with E-state index in [1.165, 1.54) is 6.54 Å². The second-order valence-electron chi connectivity index (χ2n) is 1.89. The van der Waals surface area contributed by atoms with E-state index in [1.54, 1.807) is 0 Å². The largest absolute Gasteiger partial charge is 0.298 e. The number of hydrogen-bond acceptors (Lipinski definition) is 2. The average Bonchev–Trinajstić information content (AvgIpc) is 2.06. The van der Waals surface area contributed by atoms with Crippen LogP contribution in [0.3, 0.4) is 0 Å². The molecule has 1 aliphatic rings. The summed E-state index contributed by atoms with van der Waals surface area (Å²) in [6.45, 7) is 1.17. The molecule has 0 aromatic heterocycles. The van der Waals surface area contributed by atoms with Crippen LogP contribution in [0.15, 0.2) is 0 Å². The van der Waals surface area contributed by atoms with Crippen LogP contribution in [0.2, 0.25) is 0 Å². The van der Waals surface area contributed by atoms with Gasteiger partial charge in [0.05, 0.1) is 6.17 Å². The minimum atomic E-state index is 0.685. The first-order valence-electron chi connectivity index (χ1n) is 2.20. The zero-order valence-corrected chi connectivity index (χ0v) is 4.23. The van der Waals surface area contributed by atoms with Crippen LogP contribution in [0.1, 0.15) is 0 Å². The normalized spacial score (nSPS) is 31.5. The Bertz CT molecular complexity index is 47.5. The summed E-state index contributed by atoms with van der Waals surface area (Å²) in [7, 11) is 4.15. The lowest BCUT2D eigenvalue weighted by Gasteiger charge is -2.01. The molecule has 36 valence electrons. The van der Waals surface area contributed by atoms with Crippen molar-refractivity contribution in [1.29, 1.82) is 0 Å². The molecular formula is C4H10N2. The van der Waals surface area contributed by atoms with Crippen LogP contribution < -0.4 is 5.32 Å². The first kappa shape index (κ1) is 4.09. The van der Waals surface area contributed by atoms with Gasteiger partial charge in [-0.05, 0) is 14.1 Å². The molecule has 1 heterocycles. The fourth-order valence-electron chi connectivity index (χ4n) is 0.418. The van der Waals surface area contributed by atoms with Crippen molar-refractivity contribution in [2.24, 2.45) is 0 Å². The van der Waals surface area contributed by atoms with Gasteiger partial charge in [0.15, 0.2) is 0 Å². The van der Waals surface area contributed by atoms with Crippen LogP contribution in [-0.2, 0) is 0 Å². The summed E-state index contributed by atoms with van der Waals surface area (Å²) in [4.78, 5) is 2.17. The summed E-state index contributed by atoms with van der Waals surface area (Å²) in [5, 5.41) is 3.16. The van der Waals surface area contributed by atoms with Crippen LogP contribution in [0.25, 0.3) is 0 Å². The van der Waals surface area contributed by atoms with Crippen molar-refractivity contribution >= 4 is 0 Å². The van der Waals surface area contributed by atoms with E-state index in [4.69, 9.17) is 0 Å². The van der Waals surface area contributed by atoms with Crippen molar-refractivity contribution in [3.05, 3.63) is 0 Å². The van der Waals surface area contributed by atoms with Crippen LogP contribution in [0.5, 0.6) is 0 Å². The first-order valence-corrected chi connectivity index (χ1v) is 2.20. The summed E-state index contributed by atoms with van der Waals surface area (Å²) in [6.07, 6.45) is 0.685.